The third-order valence-electron chi connectivity index (χ3n) is 2.82. The standard InChI is InChI=1S/C14H17N3O2/c1-11(16-18)13-4-3-5-14(8-13)19-7-6-12-9-15-17(2)10-12/h3-5,8-10,18H,6-7H2,1-2H3/b16-11-. The predicted molar refractivity (Wildman–Crippen MR) is 72.8 cm³/mol. The molecule has 5 nitrogen and oxygen atoms in total. The van der Waals surface area contributed by atoms with E-state index in [9.17, 15) is 0 Å². The number of oxime groups is 1. The smallest absolute Gasteiger partial charge is 0.119 e. The highest BCUT2D eigenvalue weighted by Gasteiger charge is 2.01. The lowest BCUT2D eigenvalue weighted by molar-refractivity contribution is 0.318. The minimum absolute atomic E-state index is 0.567. The van der Waals surface area contributed by atoms with Crippen molar-refractivity contribution in [1.29, 1.82) is 0 Å². The predicted octanol–water partition coefficient (Wildman–Crippen LogP) is 2.24. The lowest BCUT2D eigenvalue weighted by Gasteiger charge is -2.06. The molecule has 0 spiro atoms. The minimum atomic E-state index is 0.567. The quantitative estimate of drug-likeness (QED) is 0.509. The Labute approximate surface area is 112 Å². The van der Waals surface area contributed by atoms with Crippen molar-refractivity contribution in [3.05, 3.63) is 47.8 Å². The molecule has 0 aliphatic rings. The maximum absolute atomic E-state index is 8.74. The van der Waals surface area contributed by atoms with Crippen LogP contribution in [0.5, 0.6) is 5.75 Å². The summed E-state index contributed by atoms with van der Waals surface area (Å²) in [5.74, 6) is 0.768. The Bertz CT molecular complexity index is 576. The fourth-order valence-electron chi connectivity index (χ4n) is 1.76. The van der Waals surface area contributed by atoms with E-state index >= 15 is 0 Å². The normalized spacial score (nSPS) is 11.6. The Morgan fingerprint density at radius 2 is 2.32 bits per heavy atom. The number of aryl methyl sites for hydroxylation is 1. The van der Waals surface area contributed by atoms with Crippen LogP contribution in [0.25, 0.3) is 0 Å². The molecule has 0 saturated carbocycles. The van der Waals surface area contributed by atoms with Crippen molar-refractivity contribution in [2.45, 2.75) is 13.3 Å². The van der Waals surface area contributed by atoms with Gasteiger partial charge in [-0.1, -0.05) is 17.3 Å². The molecule has 5 heteroatoms. The van der Waals surface area contributed by atoms with Crippen molar-refractivity contribution in [3.8, 4) is 5.75 Å². The van der Waals surface area contributed by atoms with Crippen LogP contribution in [0.3, 0.4) is 0 Å². The number of benzene rings is 1. The van der Waals surface area contributed by atoms with Gasteiger partial charge in [-0.25, -0.2) is 0 Å². The summed E-state index contributed by atoms with van der Waals surface area (Å²) in [7, 11) is 1.89. The van der Waals surface area contributed by atoms with Gasteiger partial charge >= 0.3 is 0 Å². The van der Waals surface area contributed by atoms with Gasteiger partial charge in [-0.05, 0) is 24.6 Å². The summed E-state index contributed by atoms with van der Waals surface area (Å²) in [4.78, 5) is 0. The molecule has 0 aliphatic heterocycles. The van der Waals surface area contributed by atoms with E-state index in [2.05, 4.69) is 10.3 Å². The molecule has 1 N–H and O–H groups in total. The van der Waals surface area contributed by atoms with Crippen LogP contribution in [0, 0.1) is 0 Å². The largest absolute Gasteiger partial charge is 0.493 e. The Morgan fingerprint density at radius 1 is 1.47 bits per heavy atom. The highest BCUT2D eigenvalue weighted by molar-refractivity contribution is 5.98. The second-order valence-corrected chi connectivity index (χ2v) is 4.33. The Hall–Kier alpha value is -2.30. The van der Waals surface area contributed by atoms with Crippen LogP contribution in [0.1, 0.15) is 18.1 Å². The summed E-state index contributed by atoms with van der Waals surface area (Å²) in [6, 6.07) is 7.50. The minimum Gasteiger partial charge on any atom is -0.493 e. The van der Waals surface area contributed by atoms with E-state index in [1.54, 1.807) is 11.6 Å². The van der Waals surface area contributed by atoms with Crippen LogP contribution in [-0.4, -0.2) is 27.3 Å². The average Bonchev–Trinajstić information content (AvgIpc) is 2.84. The SMILES string of the molecule is C/C(=N/O)c1cccc(OCCc2cnn(C)c2)c1. The van der Waals surface area contributed by atoms with Crippen LogP contribution in [0.2, 0.25) is 0 Å². The summed E-state index contributed by atoms with van der Waals surface area (Å²) >= 11 is 0. The zero-order chi connectivity index (χ0) is 13.7. The van der Waals surface area contributed by atoms with E-state index in [0.29, 0.717) is 12.3 Å². The van der Waals surface area contributed by atoms with E-state index in [1.807, 2.05) is 43.7 Å². The van der Waals surface area contributed by atoms with Gasteiger partial charge in [0, 0.05) is 25.2 Å². The molecule has 1 heterocycles. The van der Waals surface area contributed by atoms with E-state index in [-0.39, 0.29) is 0 Å². The molecule has 0 amide bonds. The van der Waals surface area contributed by atoms with Gasteiger partial charge in [-0.15, -0.1) is 0 Å². The third-order valence-corrected chi connectivity index (χ3v) is 2.82. The lowest BCUT2D eigenvalue weighted by Crippen LogP contribution is -2.02. The average molecular weight is 259 g/mol. The van der Waals surface area contributed by atoms with Gasteiger partial charge in [0.25, 0.3) is 0 Å². The molecule has 0 saturated heterocycles. The Morgan fingerprint density at radius 3 is 3.00 bits per heavy atom. The number of hydrogen-bond donors (Lipinski definition) is 1. The second-order valence-electron chi connectivity index (χ2n) is 4.33. The third kappa shape index (κ3) is 3.58. The molecule has 19 heavy (non-hydrogen) atoms. The van der Waals surface area contributed by atoms with Crippen molar-refractivity contribution >= 4 is 5.71 Å². The second kappa shape index (κ2) is 6.04. The molecule has 2 aromatic rings. The molecule has 2 rings (SSSR count). The van der Waals surface area contributed by atoms with Gasteiger partial charge in [-0.2, -0.15) is 5.10 Å². The van der Waals surface area contributed by atoms with Gasteiger partial charge in [-0.3, -0.25) is 4.68 Å². The summed E-state index contributed by atoms with van der Waals surface area (Å²) in [5, 5.41) is 16.0. The molecular weight excluding hydrogens is 242 g/mol. The highest BCUT2D eigenvalue weighted by Crippen LogP contribution is 2.14. The summed E-state index contributed by atoms with van der Waals surface area (Å²) in [6.45, 7) is 2.33. The van der Waals surface area contributed by atoms with E-state index < -0.39 is 0 Å². The van der Waals surface area contributed by atoms with Gasteiger partial charge < -0.3 is 9.94 Å². The fraction of sp³-hybridized carbons (Fsp3) is 0.286. The lowest BCUT2D eigenvalue weighted by atomic mass is 10.1. The molecule has 0 atom stereocenters. The van der Waals surface area contributed by atoms with Crippen molar-refractivity contribution in [2.75, 3.05) is 6.61 Å². The summed E-state index contributed by atoms with van der Waals surface area (Å²) in [6.07, 6.45) is 4.62. The molecule has 0 unspecified atom stereocenters. The number of rotatable bonds is 5. The van der Waals surface area contributed by atoms with Crippen LogP contribution < -0.4 is 4.74 Å². The fourth-order valence-corrected chi connectivity index (χ4v) is 1.76. The Balaban J connectivity index is 1.92. The zero-order valence-electron chi connectivity index (χ0n) is 11.1. The first-order chi connectivity index (χ1) is 9.19. The first-order valence-corrected chi connectivity index (χ1v) is 6.08. The first kappa shape index (κ1) is 13.1. The highest BCUT2D eigenvalue weighted by atomic mass is 16.5. The topological polar surface area (TPSA) is 59.6 Å². The maximum atomic E-state index is 8.74. The number of nitrogens with zero attached hydrogens (tertiary/aromatic N) is 3. The molecule has 1 aromatic heterocycles. The van der Waals surface area contributed by atoms with Crippen LogP contribution in [0.15, 0.2) is 41.8 Å². The molecule has 0 aliphatic carbocycles. The van der Waals surface area contributed by atoms with Gasteiger partial charge in [0.1, 0.15) is 5.75 Å². The van der Waals surface area contributed by atoms with Crippen molar-refractivity contribution < 1.29 is 9.94 Å². The number of hydrogen-bond acceptors (Lipinski definition) is 4. The van der Waals surface area contributed by atoms with E-state index in [4.69, 9.17) is 9.94 Å². The van der Waals surface area contributed by atoms with E-state index in [0.717, 1.165) is 23.3 Å². The van der Waals surface area contributed by atoms with Crippen molar-refractivity contribution in [2.24, 2.45) is 12.2 Å². The molecule has 100 valence electrons. The number of aromatic nitrogens is 2. The van der Waals surface area contributed by atoms with Crippen LogP contribution >= 0.6 is 0 Å². The molecule has 0 bridgehead atoms. The zero-order valence-corrected chi connectivity index (χ0v) is 11.1. The molecule has 0 radical (unpaired) electrons. The van der Waals surface area contributed by atoms with Gasteiger partial charge in [0.2, 0.25) is 0 Å². The van der Waals surface area contributed by atoms with Crippen molar-refractivity contribution in [1.82, 2.24) is 9.78 Å². The van der Waals surface area contributed by atoms with Gasteiger partial charge in [0.05, 0.1) is 18.5 Å². The Kier molecular flexibility index (Phi) is 4.18. The molecule has 0 fully saturated rings. The molecular formula is C14H17N3O2. The molecule has 1 aromatic carbocycles. The van der Waals surface area contributed by atoms with Crippen LogP contribution in [-0.2, 0) is 13.5 Å². The van der Waals surface area contributed by atoms with E-state index in [1.165, 1.54) is 0 Å². The maximum Gasteiger partial charge on any atom is 0.119 e. The van der Waals surface area contributed by atoms with Crippen LogP contribution in [0.4, 0.5) is 0 Å². The number of ether oxygens (including phenoxy) is 1. The summed E-state index contributed by atoms with van der Waals surface area (Å²) in [5.41, 5.74) is 2.56. The first-order valence-electron chi connectivity index (χ1n) is 6.08. The summed E-state index contributed by atoms with van der Waals surface area (Å²) < 4.78 is 7.46. The van der Waals surface area contributed by atoms with Crippen molar-refractivity contribution in [3.63, 3.8) is 0 Å². The van der Waals surface area contributed by atoms with Gasteiger partial charge in [0.15, 0.2) is 0 Å². The monoisotopic (exact) mass is 259 g/mol.